The first kappa shape index (κ1) is 27.2. The van der Waals surface area contributed by atoms with E-state index in [1.807, 2.05) is 11.8 Å². The van der Waals surface area contributed by atoms with Crippen LogP contribution in [0.3, 0.4) is 0 Å². The lowest BCUT2D eigenvalue weighted by molar-refractivity contribution is -0.133. The highest BCUT2D eigenvalue weighted by Gasteiger charge is 2.48. The van der Waals surface area contributed by atoms with Gasteiger partial charge in [-0.25, -0.2) is 0 Å². The van der Waals surface area contributed by atoms with Crippen molar-refractivity contribution in [3.05, 3.63) is 46.8 Å². The second kappa shape index (κ2) is 11.0. The Morgan fingerprint density at radius 1 is 1.08 bits per heavy atom. The molecule has 3 aliphatic rings. The normalized spacial score (nSPS) is 21.8. The van der Waals surface area contributed by atoms with Crippen LogP contribution in [-0.4, -0.2) is 81.6 Å². The molecule has 1 N–H and O–H groups in total. The van der Waals surface area contributed by atoms with Gasteiger partial charge in [0.15, 0.2) is 5.69 Å². The fourth-order valence-corrected chi connectivity index (χ4v) is 6.20. The number of hydrogen-bond acceptors (Lipinski definition) is 5. The second-order valence-corrected chi connectivity index (χ2v) is 11.7. The number of piperazine rings is 1. The van der Waals surface area contributed by atoms with Crippen molar-refractivity contribution in [3.63, 3.8) is 0 Å². The molecule has 1 unspecified atom stereocenters. The molecule has 5 rings (SSSR count). The molecule has 1 atom stereocenters. The summed E-state index contributed by atoms with van der Waals surface area (Å²) in [7, 11) is 0. The molecule has 9 heteroatoms. The highest BCUT2D eigenvalue weighted by Crippen LogP contribution is 2.30. The number of amides is 3. The molecule has 2 aromatic rings. The maximum atomic E-state index is 13.7. The van der Waals surface area contributed by atoms with Gasteiger partial charge in [-0.1, -0.05) is 38.3 Å². The third kappa shape index (κ3) is 5.28. The molecule has 1 saturated heterocycles. The van der Waals surface area contributed by atoms with Crippen molar-refractivity contribution in [2.45, 2.75) is 84.3 Å². The number of aromatic nitrogens is 2. The van der Waals surface area contributed by atoms with Crippen LogP contribution >= 0.6 is 0 Å². The Bertz CT molecular complexity index is 1240. The fourth-order valence-electron chi connectivity index (χ4n) is 6.20. The van der Waals surface area contributed by atoms with Crippen LogP contribution in [-0.2, 0) is 11.3 Å². The number of hydrogen-bond donors (Lipinski definition) is 1. The Morgan fingerprint density at radius 2 is 1.79 bits per heavy atom. The summed E-state index contributed by atoms with van der Waals surface area (Å²) in [5, 5.41) is 7.79. The summed E-state index contributed by atoms with van der Waals surface area (Å²) in [6.07, 6.45) is 5.92. The van der Waals surface area contributed by atoms with Gasteiger partial charge in [-0.05, 0) is 57.2 Å². The SMILES string of the molecule is CCCCN1C(=O)c2cc(C(=O)N3CCN(c4cc(C)ccc4C)CC3)nn2CC1(C)C(=O)NC1CCCC1. The van der Waals surface area contributed by atoms with Gasteiger partial charge in [0, 0.05) is 50.5 Å². The van der Waals surface area contributed by atoms with Crippen LogP contribution in [0.2, 0.25) is 0 Å². The minimum absolute atomic E-state index is 0.129. The lowest BCUT2D eigenvalue weighted by atomic mass is 9.94. The first-order chi connectivity index (χ1) is 18.7. The lowest BCUT2D eigenvalue weighted by Gasteiger charge is -2.43. The minimum atomic E-state index is -1.05. The Kier molecular flexibility index (Phi) is 7.69. The number of rotatable bonds is 7. The molecule has 210 valence electrons. The van der Waals surface area contributed by atoms with Gasteiger partial charge in [0.25, 0.3) is 11.8 Å². The van der Waals surface area contributed by atoms with Crippen molar-refractivity contribution in [1.82, 2.24) is 24.9 Å². The number of fused-ring (bicyclic) bond motifs is 1. The van der Waals surface area contributed by atoms with Crippen molar-refractivity contribution in [1.29, 1.82) is 0 Å². The Labute approximate surface area is 231 Å². The highest BCUT2D eigenvalue weighted by molar-refractivity contribution is 6.02. The topological polar surface area (TPSA) is 90.8 Å². The van der Waals surface area contributed by atoms with Crippen molar-refractivity contribution in [2.75, 3.05) is 37.6 Å². The van der Waals surface area contributed by atoms with E-state index in [0.29, 0.717) is 25.3 Å². The zero-order valence-electron chi connectivity index (χ0n) is 23.8. The summed E-state index contributed by atoms with van der Waals surface area (Å²) in [5.74, 6) is -0.525. The molecule has 1 saturated carbocycles. The number of benzene rings is 1. The van der Waals surface area contributed by atoms with E-state index >= 15 is 0 Å². The lowest BCUT2D eigenvalue weighted by Crippen LogP contribution is -2.65. The van der Waals surface area contributed by atoms with Crippen molar-refractivity contribution >= 4 is 23.4 Å². The molecule has 3 amide bonds. The predicted molar refractivity (Wildman–Crippen MR) is 151 cm³/mol. The number of aryl methyl sites for hydroxylation is 2. The third-order valence-corrected chi connectivity index (χ3v) is 8.70. The standard InChI is InChI=1S/C30H42N6O3/c1-5-6-13-35-28(38)26-19-24(32-36(26)20-30(35,4)29(39)31-23-9-7-8-10-23)27(37)34-16-14-33(15-17-34)25-18-21(2)11-12-22(25)3/h11-12,18-19,23H,5-10,13-17,20H2,1-4H3,(H,31,39). The van der Waals surface area contributed by atoms with E-state index in [1.54, 1.807) is 15.6 Å². The number of nitrogens with one attached hydrogen (secondary N) is 1. The van der Waals surface area contributed by atoms with Crippen LogP contribution in [0.25, 0.3) is 0 Å². The van der Waals surface area contributed by atoms with Gasteiger partial charge in [-0.15, -0.1) is 0 Å². The molecule has 1 aliphatic carbocycles. The van der Waals surface area contributed by atoms with Crippen LogP contribution in [0.15, 0.2) is 24.3 Å². The quantitative estimate of drug-likeness (QED) is 0.587. The molecule has 2 fully saturated rings. The zero-order chi connectivity index (χ0) is 27.7. The Morgan fingerprint density at radius 3 is 2.49 bits per heavy atom. The number of unbranched alkanes of at least 4 members (excludes halogenated alkanes) is 1. The van der Waals surface area contributed by atoms with E-state index in [-0.39, 0.29) is 36.0 Å². The number of anilines is 1. The maximum Gasteiger partial charge on any atom is 0.274 e. The van der Waals surface area contributed by atoms with E-state index in [1.165, 1.54) is 16.8 Å². The maximum absolute atomic E-state index is 13.7. The zero-order valence-corrected chi connectivity index (χ0v) is 23.8. The van der Waals surface area contributed by atoms with Gasteiger partial charge in [-0.3, -0.25) is 19.1 Å². The largest absolute Gasteiger partial charge is 0.368 e. The summed E-state index contributed by atoms with van der Waals surface area (Å²) < 4.78 is 1.58. The summed E-state index contributed by atoms with van der Waals surface area (Å²) in [6, 6.07) is 8.24. The van der Waals surface area contributed by atoms with Crippen molar-refractivity contribution < 1.29 is 14.4 Å². The molecule has 0 spiro atoms. The van der Waals surface area contributed by atoms with E-state index in [9.17, 15) is 14.4 Å². The van der Waals surface area contributed by atoms with Crippen LogP contribution in [0, 0.1) is 13.8 Å². The third-order valence-electron chi connectivity index (χ3n) is 8.70. The highest BCUT2D eigenvalue weighted by atomic mass is 16.2. The Hall–Kier alpha value is -3.36. The summed E-state index contributed by atoms with van der Waals surface area (Å²) in [4.78, 5) is 46.6. The van der Waals surface area contributed by atoms with E-state index < -0.39 is 5.54 Å². The van der Waals surface area contributed by atoms with Gasteiger partial charge in [0.2, 0.25) is 5.91 Å². The molecular formula is C30H42N6O3. The van der Waals surface area contributed by atoms with Gasteiger partial charge in [-0.2, -0.15) is 5.10 Å². The monoisotopic (exact) mass is 534 g/mol. The fraction of sp³-hybridized carbons (Fsp3) is 0.600. The summed E-state index contributed by atoms with van der Waals surface area (Å²) in [5.41, 5.74) is 3.27. The molecule has 1 aromatic heterocycles. The van der Waals surface area contributed by atoms with Crippen LogP contribution in [0.1, 0.15) is 84.5 Å². The van der Waals surface area contributed by atoms with Gasteiger partial charge in [0.1, 0.15) is 11.2 Å². The van der Waals surface area contributed by atoms with Gasteiger partial charge < -0.3 is 20.0 Å². The molecule has 2 aliphatic heterocycles. The van der Waals surface area contributed by atoms with Crippen LogP contribution in [0.4, 0.5) is 5.69 Å². The van der Waals surface area contributed by atoms with Gasteiger partial charge in [0.05, 0.1) is 6.54 Å². The molecule has 0 radical (unpaired) electrons. The summed E-state index contributed by atoms with van der Waals surface area (Å²) >= 11 is 0. The number of carbonyl (C=O) groups excluding carboxylic acids is 3. The van der Waals surface area contributed by atoms with E-state index in [0.717, 1.165) is 51.6 Å². The molecular weight excluding hydrogens is 492 g/mol. The number of carbonyl (C=O) groups is 3. The second-order valence-electron chi connectivity index (χ2n) is 11.7. The molecule has 39 heavy (non-hydrogen) atoms. The molecule has 1 aromatic carbocycles. The van der Waals surface area contributed by atoms with Crippen LogP contribution < -0.4 is 10.2 Å². The average molecular weight is 535 g/mol. The number of nitrogens with zero attached hydrogens (tertiary/aromatic N) is 5. The van der Waals surface area contributed by atoms with Crippen LogP contribution in [0.5, 0.6) is 0 Å². The van der Waals surface area contributed by atoms with Crippen molar-refractivity contribution in [2.24, 2.45) is 0 Å². The first-order valence-electron chi connectivity index (χ1n) is 14.5. The smallest absolute Gasteiger partial charge is 0.274 e. The first-order valence-corrected chi connectivity index (χ1v) is 14.5. The Balaban J connectivity index is 1.32. The predicted octanol–water partition coefficient (Wildman–Crippen LogP) is 3.54. The van der Waals surface area contributed by atoms with E-state index in [2.05, 4.69) is 54.3 Å². The average Bonchev–Trinajstić information content (AvgIpc) is 3.60. The molecule has 0 bridgehead atoms. The molecule has 3 heterocycles. The van der Waals surface area contributed by atoms with E-state index in [4.69, 9.17) is 0 Å². The minimum Gasteiger partial charge on any atom is -0.368 e. The molecule has 9 nitrogen and oxygen atoms in total. The summed E-state index contributed by atoms with van der Waals surface area (Å²) in [6.45, 7) is 11.5. The van der Waals surface area contributed by atoms with Gasteiger partial charge >= 0.3 is 0 Å². The van der Waals surface area contributed by atoms with Crippen molar-refractivity contribution in [3.8, 4) is 0 Å².